The highest BCUT2D eigenvalue weighted by molar-refractivity contribution is 14.0. The summed E-state index contributed by atoms with van der Waals surface area (Å²) in [5.74, 6) is 1.66. The highest BCUT2D eigenvalue weighted by Gasteiger charge is 2.16. The highest BCUT2D eigenvalue weighted by Crippen LogP contribution is 2.14. The molecule has 1 aromatic rings. The van der Waals surface area contributed by atoms with Gasteiger partial charge in [0.15, 0.2) is 5.96 Å². The lowest BCUT2D eigenvalue weighted by Crippen LogP contribution is -2.41. The molecule has 0 saturated carbocycles. The minimum Gasteiger partial charge on any atom is -0.356 e. The third-order valence-corrected chi connectivity index (χ3v) is 3.92. The van der Waals surface area contributed by atoms with Gasteiger partial charge in [0.2, 0.25) is 0 Å². The van der Waals surface area contributed by atoms with Crippen molar-refractivity contribution < 1.29 is 0 Å². The Labute approximate surface area is 145 Å². The molecule has 1 aliphatic rings. The van der Waals surface area contributed by atoms with Crippen LogP contribution < -0.4 is 10.6 Å². The van der Waals surface area contributed by atoms with Gasteiger partial charge in [-0.2, -0.15) is 0 Å². The average molecular weight is 402 g/mol. The SMILES string of the molecule is CN=C(NCc1ccccc1)NCC1CCN(C)CC1.I. The number of hydrogen-bond acceptors (Lipinski definition) is 2. The first-order valence-corrected chi connectivity index (χ1v) is 7.45. The van der Waals surface area contributed by atoms with Crippen LogP contribution in [0.1, 0.15) is 18.4 Å². The van der Waals surface area contributed by atoms with Gasteiger partial charge in [-0.25, -0.2) is 0 Å². The Morgan fingerprint density at radius 2 is 1.86 bits per heavy atom. The molecular formula is C16H27IN4. The van der Waals surface area contributed by atoms with E-state index in [0.29, 0.717) is 0 Å². The molecule has 118 valence electrons. The summed E-state index contributed by atoms with van der Waals surface area (Å²) in [7, 11) is 4.03. The monoisotopic (exact) mass is 402 g/mol. The second-order valence-corrected chi connectivity index (χ2v) is 5.54. The van der Waals surface area contributed by atoms with E-state index in [1.54, 1.807) is 0 Å². The molecule has 0 spiro atoms. The molecule has 4 nitrogen and oxygen atoms in total. The van der Waals surface area contributed by atoms with E-state index in [-0.39, 0.29) is 24.0 Å². The van der Waals surface area contributed by atoms with E-state index in [1.165, 1.54) is 31.5 Å². The fourth-order valence-corrected chi connectivity index (χ4v) is 2.51. The summed E-state index contributed by atoms with van der Waals surface area (Å²) < 4.78 is 0. The second-order valence-electron chi connectivity index (χ2n) is 5.54. The molecule has 0 amide bonds. The maximum Gasteiger partial charge on any atom is 0.191 e. The molecule has 1 fully saturated rings. The fourth-order valence-electron chi connectivity index (χ4n) is 2.51. The topological polar surface area (TPSA) is 39.7 Å². The Kier molecular flexibility index (Phi) is 8.68. The zero-order valence-corrected chi connectivity index (χ0v) is 15.3. The van der Waals surface area contributed by atoms with Crippen molar-refractivity contribution in [1.82, 2.24) is 15.5 Å². The Morgan fingerprint density at radius 1 is 1.19 bits per heavy atom. The molecule has 0 aromatic heterocycles. The quantitative estimate of drug-likeness (QED) is 0.461. The van der Waals surface area contributed by atoms with E-state index in [1.807, 2.05) is 13.1 Å². The first-order chi connectivity index (χ1) is 9.78. The van der Waals surface area contributed by atoms with Gasteiger partial charge in [-0.15, -0.1) is 24.0 Å². The molecule has 0 radical (unpaired) electrons. The van der Waals surface area contributed by atoms with E-state index in [9.17, 15) is 0 Å². The minimum atomic E-state index is 0. The van der Waals surface area contributed by atoms with Gasteiger partial charge in [0.25, 0.3) is 0 Å². The number of guanidine groups is 1. The fraction of sp³-hybridized carbons (Fsp3) is 0.562. The molecule has 2 N–H and O–H groups in total. The summed E-state index contributed by atoms with van der Waals surface area (Å²) in [6.45, 7) is 4.25. The molecule has 0 bridgehead atoms. The average Bonchev–Trinajstić information content (AvgIpc) is 2.50. The lowest BCUT2D eigenvalue weighted by molar-refractivity contribution is 0.220. The van der Waals surface area contributed by atoms with Crippen LogP contribution in [0.2, 0.25) is 0 Å². The molecule has 0 atom stereocenters. The third kappa shape index (κ3) is 6.65. The van der Waals surface area contributed by atoms with Crippen molar-refractivity contribution >= 4 is 29.9 Å². The number of nitrogens with one attached hydrogen (secondary N) is 2. The van der Waals surface area contributed by atoms with Crippen molar-refractivity contribution in [2.45, 2.75) is 19.4 Å². The molecule has 0 aliphatic carbocycles. The number of halogens is 1. The summed E-state index contributed by atoms with van der Waals surface area (Å²) in [5.41, 5.74) is 1.27. The van der Waals surface area contributed by atoms with Crippen LogP contribution in [0.5, 0.6) is 0 Å². The first-order valence-electron chi connectivity index (χ1n) is 7.45. The number of hydrogen-bond donors (Lipinski definition) is 2. The summed E-state index contributed by atoms with van der Waals surface area (Å²) in [6, 6.07) is 10.4. The summed E-state index contributed by atoms with van der Waals surface area (Å²) in [4.78, 5) is 6.69. The van der Waals surface area contributed by atoms with Gasteiger partial charge in [-0.1, -0.05) is 30.3 Å². The number of nitrogens with zero attached hydrogens (tertiary/aromatic N) is 2. The molecular weight excluding hydrogens is 375 g/mol. The van der Waals surface area contributed by atoms with Crippen LogP contribution in [0.15, 0.2) is 35.3 Å². The van der Waals surface area contributed by atoms with Gasteiger partial charge in [-0.05, 0) is 44.5 Å². The maximum absolute atomic E-state index is 4.29. The predicted molar refractivity (Wildman–Crippen MR) is 100 cm³/mol. The Balaban J connectivity index is 0.00000220. The van der Waals surface area contributed by atoms with Crippen molar-refractivity contribution in [2.75, 3.05) is 33.7 Å². The van der Waals surface area contributed by atoms with E-state index in [4.69, 9.17) is 0 Å². The molecule has 1 aliphatic heterocycles. The van der Waals surface area contributed by atoms with Gasteiger partial charge < -0.3 is 15.5 Å². The molecule has 1 saturated heterocycles. The number of benzene rings is 1. The van der Waals surface area contributed by atoms with Gasteiger partial charge in [0.05, 0.1) is 0 Å². The van der Waals surface area contributed by atoms with Crippen molar-refractivity contribution in [3.8, 4) is 0 Å². The van der Waals surface area contributed by atoms with Crippen LogP contribution >= 0.6 is 24.0 Å². The lowest BCUT2D eigenvalue weighted by atomic mass is 9.97. The van der Waals surface area contributed by atoms with Crippen LogP contribution in [0.25, 0.3) is 0 Å². The van der Waals surface area contributed by atoms with Gasteiger partial charge >= 0.3 is 0 Å². The molecule has 2 rings (SSSR count). The Hall–Kier alpha value is -0.820. The lowest BCUT2D eigenvalue weighted by Gasteiger charge is -2.29. The van der Waals surface area contributed by atoms with Gasteiger partial charge in [0, 0.05) is 20.1 Å². The predicted octanol–water partition coefficient (Wildman–Crippen LogP) is 2.31. The van der Waals surface area contributed by atoms with E-state index < -0.39 is 0 Å². The van der Waals surface area contributed by atoms with Crippen LogP contribution in [-0.4, -0.2) is 44.6 Å². The third-order valence-electron chi connectivity index (χ3n) is 3.92. The van der Waals surface area contributed by atoms with Gasteiger partial charge in [0.1, 0.15) is 0 Å². The zero-order valence-electron chi connectivity index (χ0n) is 13.0. The molecule has 21 heavy (non-hydrogen) atoms. The normalized spacial score (nSPS) is 17.1. The largest absolute Gasteiger partial charge is 0.356 e. The minimum absolute atomic E-state index is 0. The number of rotatable bonds is 4. The molecule has 1 aromatic carbocycles. The van der Waals surface area contributed by atoms with Crippen LogP contribution in [0.3, 0.4) is 0 Å². The van der Waals surface area contributed by atoms with Crippen molar-refractivity contribution in [3.63, 3.8) is 0 Å². The van der Waals surface area contributed by atoms with E-state index >= 15 is 0 Å². The Bertz CT molecular complexity index is 414. The highest BCUT2D eigenvalue weighted by atomic mass is 127. The zero-order chi connectivity index (χ0) is 14.2. The molecule has 5 heteroatoms. The van der Waals surface area contributed by atoms with E-state index in [2.05, 4.69) is 51.8 Å². The summed E-state index contributed by atoms with van der Waals surface area (Å²) in [6.07, 6.45) is 2.55. The van der Waals surface area contributed by atoms with Crippen molar-refractivity contribution in [3.05, 3.63) is 35.9 Å². The molecule has 0 unspecified atom stereocenters. The van der Waals surface area contributed by atoms with Crippen molar-refractivity contribution in [2.24, 2.45) is 10.9 Å². The summed E-state index contributed by atoms with van der Waals surface area (Å²) >= 11 is 0. The van der Waals surface area contributed by atoms with Gasteiger partial charge in [-0.3, -0.25) is 4.99 Å². The first kappa shape index (κ1) is 18.2. The summed E-state index contributed by atoms with van der Waals surface area (Å²) in [5, 5.41) is 6.81. The Morgan fingerprint density at radius 3 is 2.48 bits per heavy atom. The van der Waals surface area contributed by atoms with Crippen LogP contribution in [0.4, 0.5) is 0 Å². The van der Waals surface area contributed by atoms with Crippen LogP contribution in [-0.2, 0) is 6.54 Å². The maximum atomic E-state index is 4.29. The second kappa shape index (κ2) is 10.00. The number of likely N-dealkylation sites (tertiary alicyclic amines) is 1. The smallest absolute Gasteiger partial charge is 0.191 e. The van der Waals surface area contributed by atoms with Crippen LogP contribution in [0, 0.1) is 5.92 Å². The van der Waals surface area contributed by atoms with E-state index in [0.717, 1.165) is 25.0 Å². The standard InChI is InChI=1S/C16H26N4.HI/c1-17-16(18-12-14-6-4-3-5-7-14)19-13-15-8-10-20(2)11-9-15;/h3-7,15H,8-13H2,1-2H3,(H2,17,18,19);1H. The molecule has 1 heterocycles. The van der Waals surface area contributed by atoms with Crippen molar-refractivity contribution in [1.29, 1.82) is 0 Å². The number of piperidine rings is 1. The number of aliphatic imine (C=N–C) groups is 1.